The molecule has 2 aromatic rings. The first kappa shape index (κ1) is 20.1. The third-order valence-electron chi connectivity index (χ3n) is 3.10. The van der Waals surface area contributed by atoms with Crippen LogP contribution in [0.3, 0.4) is 0 Å². The van der Waals surface area contributed by atoms with Gasteiger partial charge in [-0.25, -0.2) is 4.98 Å². The lowest BCUT2D eigenvalue weighted by molar-refractivity contribution is -0.159. The van der Waals surface area contributed by atoms with E-state index in [4.69, 9.17) is 11.6 Å². The Hall–Kier alpha value is -2.23. The Labute approximate surface area is 149 Å². The van der Waals surface area contributed by atoms with Crippen LogP contribution in [0.5, 0.6) is 5.88 Å². The molecule has 0 radical (unpaired) electrons. The molecule has 4 nitrogen and oxygen atoms in total. The van der Waals surface area contributed by atoms with Crippen molar-refractivity contribution in [1.29, 1.82) is 0 Å². The summed E-state index contributed by atoms with van der Waals surface area (Å²) in [5.74, 6) is -1.44. The number of nitrogens with zero attached hydrogens (tertiary/aromatic N) is 3. The molecule has 2 rings (SSSR count). The molecule has 1 aromatic carbocycles. The van der Waals surface area contributed by atoms with E-state index in [1.165, 1.54) is 11.0 Å². The number of anilines is 2. The lowest BCUT2D eigenvalue weighted by atomic mass is 10.3. The van der Waals surface area contributed by atoms with Crippen molar-refractivity contribution in [3.05, 3.63) is 41.0 Å². The highest BCUT2D eigenvalue weighted by Gasteiger charge is 2.38. The average molecular weight is 400 g/mol. The van der Waals surface area contributed by atoms with E-state index in [1.54, 1.807) is 25.1 Å². The zero-order valence-corrected chi connectivity index (χ0v) is 14.0. The van der Waals surface area contributed by atoms with Crippen LogP contribution >= 0.6 is 11.6 Å². The highest BCUT2D eigenvalue weighted by atomic mass is 35.5. The van der Waals surface area contributed by atoms with Gasteiger partial charge in [-0.2, -0.15) is 31.3 Å². The predicted octanol–water partition coefficient (Wildman–Crippen LogP) is 5.25. The first-order chi connectivity index (χ1) is 12.0. The van der Waals surface area contributed by atoms with Crippen LogP contribution in [0.25, 0.3) is 0 Å². The summed E-state index contributed by atoms with van der Waals surface area (Å²) < 4.78 is 80.2. The van der Waals surface area contributed by atoms with Gasteiger partial charge >= 0.3 is 12.4 Å². The van der Waals surface area contributed by atoms with Crippen molar-refractivity contribution < 1.29 is 31.1 Å². The van der Waals surface area contributed by atoms with Crippen LogP contribution in [0, 0.1) is 0 Å². The van der Waals surface area contributed by atoms with Crippen LogP contribution < -0.4 is 9.64 Å². The Morgan fingerprint density at radius 3 is 2.38 bits per heavy atom. The Morgan fingerprint density at radius 1 is 1.15 bits per heavy atom. The van der Waals surface area contributed by atoms with Gasteiger partial charge in [0, 0.05) is 23.5 Å². The maximum absolute atomic E-state index is 13.0. The van der Waals surface area contributed by atoms with Gasteiger partial charge in [-0.3, -0.25) is 0 Å². The molecule has 0 spiro atoms. The molecule has 0 bridgehead atoms. The summed E-state index contributed by atoms with van der Waals surface area (Å²) >= 11 is 5.88. The molecule has 1 heterocycles. The van der Waals surface area contributed by atoms with Crippen LogP contribution in [0.1, 0.15) is 12.5 Å². The van der Waals surface area contributed by atoms with Gasteiger partial charge in [0.1, 0.15) is 5.56 Å². The fraction of sp³-hybridized carbons (Fsp3) is 0.333. The molecule has 0 aliphatic heterocycles. The number of rotatable bonds is 5. The van der Waals surface area contributed by atoms with E-state index >= 15 is 0 Å². The molecule has 0 unspecified atom stereocenters. The minimum Gasteiger partial charge on any atom is -0.467 e. The topological polar surface area (TPSA) is 38.2 Å². The van der Waals surface area contributed by atoms with Crippen LogP contribution in [0.2, 0.25) is 5.02 Å². The monoisotopic (exact) mass is 399 g/mol. The molecule has 0 amide bonds. The number of alkyl halides is 6. The maximum atomic E-state index is 13.0. The van der Waals surface area contributed by atoms with Gasteiger partial charge in [-0.05, 0) is 25.1 Å². The standard InChI is InChI=1S/C15H12ClF6N3O/c1-2-25(10-5-3-4-9(16)6-10)13-23-7-11(15(20,21)22)12(24-13)26-8-14(17,18)19/h3-7H,2,8H2,1H3. The van der Waals surface area contributed by atoms with Crippen molar-refractivity contribution in [1.82, 2.24) is 9.97 Å². The minimum atomic E-state index is -4.97. The van der Waals surface area contributed by atoms with E-state index in [0.29, 0.717) is 16.9 Å². The highest BCUT2D eigenvalue weighted by molar-refractivity contribution is 6.30. The number of benzene rings is 1. The summed E-state index contributed by atoms with van der Waals surface area (Å²) in [4.78, 5) is 8.55. The molecule has 0 aliphatic carbocycles. The molecule has 0 atom stereocenters. The van der Waals surface area contributed by atoms with Crippen molar-refractivity contribution in [2.24, 2.45) is 0 Å². The molecule has 26 heavy (non-hydrogen) atoms. The third-order valence-corrected chi connectivity index (χ3v) is 3.33. The van der Waals surface area contributed by atoms with Crippen molar-refractivity contribution in [3.8, 4) is 5.88 Å². The van der Waals surface area contributed by atoms with E-state index in [-0.39, 0.29) is 12.5 Å². The van der Waals surface area contributed by atoms with Crippen LogP contribution in [0.4, 0.5) is 38.0 Å². The fourth-order valence-electron chi connectivity index (χ4n) is 2.03. The fourth-order valence-corrected chi connectivity index (χ4v) is 2.21. The number of hydrogen-bond donors (Lipinski definition) is 0. The summed E-state index contributed by atoms with van der Waals surface area (Å²) in [5, 5.41) is 0.362. The lowest BCUT2D eigenvalue weighted by Crippen LogP contribution is -2.24. The second-order valence-electron chi connectivity index (χ2n) is 5.01. The van der Waals surface area contributed by atoms with Gasteiger partial charge in [0.2, 0.25) is 11.8 Å². The molecule has 1 aromatic heterocycles. The van der Waals surface area contributed by atoms with Gasteiger partial charge in [-0.1, -0.05) is 17.7 Å². The molecule has 0 aliphatic rings. The lowest BCUT2D eigenvalue weighted by Gasteiger charge is -2.22. The van der Waals surface area contributed by atoms with Gasteiger partial charge in [0.15, 0.2) is 6.61 Å². The van der Waals surface area contributed by atoms with Gasteiger partial charge in [-0.15, -0.1) is 0 Å². The largest absolute Gasteiger partial charge is 0.467 e. The average Bonchev–Trinajstić information content (AvgIpc) is 2.52. The quantitative estimate of drug-likeness (QED) is 0.644. The van der Waals surface area contributed by atoms with Crippen LogP contribution in [0.15, 0.2) is 30.5 Å². The Morgan fingerprint density at radius 2 is 1.85 bits per heavy atom. The second-order valence-corrected chi connectivity index (χ2v) is 5.45. The molecular formula is C15H12ClF6N3O. The van der Waals surface area contributed by atoms with Crippen LogP contribution in [-0.4, -0.2) is 29.3 Å². The van der Waals surface area contributed by atoms with E-state index < -0.39 is 30.4 Å². The van der Waals surface area contributed by atoms with Crippen molar-refractivity contribution in [2.75, 3.05) is 18.1 Å². The summed E-state index contributed by atoms with van der Waals surface area (Å²) in [5.41, 5.74) is -1.03. The number of ether oxygens (including phenoxy) is 1. The van der Waals surface area contributed by atoms with Crippen molar-refractivity contribution in [2.45, 2.75) is 19.3 Å². The molecular weight excluding hydrogens is 388 g/mol. The Kier molecular flexibility index (Phi) is 5.84. The van der Waals surface area contributed by atoms with E-state index in [2.05, 4.69) is 14.7 Å². The summed E-state index contributed by atoms with van der Waals surface area (Å²) in [6.07, 6.45) is -9.39. The molecule has 11 heteroatoms. The Balaban J connectivity index is 2.45. The first-order valence-electron chi connectivity index (χ1n) is 7.18. The predicted molar refractivity (Wildman–Crippen MR) is 82.7 cm³/mol. The van der Waals surface area contributed by atoms with E-state index in [9.17, 15) is 26.3 Å². The number of halogens is 7. The third kappa shape index (κ3) is 5.13. The van der Waals surface area contributed by atoms with Crippen LogP contribution in [-0.2, 0) is 6.18 Å². The second kappa shape index (κ2) is 7.56. The summed E-state index contributed by atoms with van der Waals surface area (Å²) in [7, 11) is 0. The van der Waals surface area contributed by atoms with Gasteiger partial charge in [0.05, 0.1) is 0 Å². The molecule has 0 N–H and O–H groups in total. The first-order valence-corrected chi connectivity index (χ1v) is 7.56. The molecule has 0 saturated carbocycles. The van der Waals surface area contributed by atoms with Crippen molar-refractivity contribution >= 4 is 23.2 Å². The normalized spacial score (nSPS) is 12.2. The molecule has 142 valence electrons. The minimum absolute atomic E-state index is 0.227. The number of aromatic nitrogens is 2. The van der Waals surface area contributed by atoms with E-state index in [1.807, 2.05) is 0 Å². The molecule has 0 saturated heterocycles. The van der Waals surface area contributed by atoms with Gasteiger partial charge in [0.25, 0.3) is 0 Å². The smallest absolute Gasteiger partial charge is 0.423 e. The Bertz CT molecular complexity index is 766. The number of hydrogen-bond acceptors (Lipinski definition) is 4. The maximum Gasteiger partial charge on any atom is 0.423 e. The van der Waals surface area contributed by atoms with E-state index in [0.717, 1.165) is 0 Å². The van der Waals surface area contributed by atoms with Crippen molar-refractivity contribution in [3.63, 3.8) is 0 Å². The summed E-state index contributed by atoms with van der Waals surface area (Å²) in [6.45, 7) is -0.0155. The highest BCUT2D eigenvalue weighted by Crippen LogP contribution is 2.37. The zero-order chi connectivity index (χ0) is 19.5. The molecule has 0 fully saturated rings. The zero-order valence-electron chi connectivity index (χ0n) is 13.2. The van der Waals surface area contributed by atoms with Gasteiger partial charge < -0.3 is 9.64 Å². The summed E-state index contributed by atoms with van der Waals surface area (Å²) in [6, 6.07) is 6.31. The SMILES string of the molecule is CCN(c1cccc(Cl)c1)c1ncc(C(F)(F)F)c(OCC(F)(F)F)n1.